The number of rotatable bonds is 5. The van der Waals surface area contributed by atoms with Crippen LogP contribution in [0.5, 0.6) is 5.75 Å². The fourth-order valence-electron chi connectivity index (χ4n) is 3.69. The van der Waals surface area contributed by atoms with E-state index in [1.54, 1.807) is 32.9 Å². The summed E-state index contributed by atoms with van der Waals surface area (Å²) < 4.78 is 5.32. The molecule has 2 atom stereocenters. The van der Waals surface area contributed by atoms with E-state index < -0.39 is 35.7 Å². The summed E-state index contributed by atoms with van der Waals surface area (Å²) in [6, 6.07) is 11.6. The molecule has 0 saturated carbocycles. The van der Waals surface area contributed by atoms with Gasteiger partial charge in [-0.3, -0.25) is 4.79 Å². The Kier molecular flexibility index (Phi) is 6.72. The van der Waals surface area contributed by atoms with E-state index in [2.05, 4.69) is 5.32 Å². The molecule has 0 aromatic heterocycles. The van der Waals surface area contributed by atoms with E-state index in [0.29, 0.717) is 5.56 Å². The first kappa shape index (κ1) is 23.1. The summed E-state index contributed by atoms with van der Waals surface area (Å²) in [4.78, 5) is 39.3. The number of carbonyl (C=O) groups excluding carboxylic acids is 2. The third kappa shape index (κ3) is 5.78. The number of hydrogen-bond acceptors (Lipinski definition) is 5. The molecule has 2 aromatic carbocycles. The van der Waals surface area contributed by atoms with Crippen molar-refractivity contribution in [2.45, 2.75) is 57.8 Å². The lowest BCUT2D eigenvalue weighted by atomic mass is 9.92. The van der Waals surface area contributed by atoms with Crippen LogP contribution < -0.4 is 5.32 Å². The van der Waals surface area contributed by atoms with Crippen LogP contribution in [0.25, 0.3) is 0 Å². The van der Waals surface area contributed by atoms with Crippen LogP contribution in [0.4, 0.5) is 4.79 Å². The number of nitrogens with one attached hydrogen (secondary N) is 1. The van der Waals surface area contributed by atoms with Crippen LogP contribution in [0.2, 0.25) is 0 Å². The van der Waals surface area contributed by atoms with Crippen molar-refractivity contribution in [1.82, 2.24) is 10.2 Å². The summed E-state index contributed by atoms with van der Waals surface area (Å²) in [7, 11) is 0. The number of nitrogens with zero attached hydrogens (tertiary/aromatic N) is 1. The molecule has 1 aliphatic rings. The van der Waals surface area contributed by atoms with Gasteiger partial charge in [0.1, 0.15) is 23.4 Å². The van der Waals surface area contributed by atoms with Crippen LogP contribution in [-0.2, 0) is 33.7 Å². The van der Waals surface area contributed by atoms with E-state index in [0.717, 1.165) is 11.1 Å². The fraction of sp³-hybridized carbons (Fsp3) is 0.375. The Morgan fingerprint density at radius 1 is 1.09 bits per heavy atom. The van der Waals surface area contributed by atoms with Crippen molar-refractivity contribution in [1.29, 1.82) is 0 Å². The van der Waals surface area contributed by atoms with E-state index >= 15 is 0 Å². The largest absolute Gasteiger partial charge is 0.508 e. The third-order valence-corrected chi connectivity index (χ3v) is 5.18. The number of carbonyl (C=O) groups is 3. The quantitative estimate of drug-likeness (QED) is 0.658. The Balaban J connectivity index is 1.89. The molecular formula is C24H28N2O6. The van der Waals surface area contributed by atoms with E-state index in [1.807, 2.05) is 24.3 Å². The van der Waals surface area contributed by atoms with E-state index in [4.69, 9.17) is 4.74 Å². The van der Waals surface area contributed by atoms with Crippen LogP contribution in [-0.4, -0.2) is 50.8 Å². The predicted molar refractivity (Wildman–Crippen MR) is 117 cm³/mol. The molecule has 0 spiro atoms. The number of amides is 2. The zero-order chi connectivity index (χ0) is 23.5. The smallest absolute Gasteiger partial charge is 0.408 e. The normalized spacial score (nSPS) is 16.6. The first-order chi connectivity index (χ1) is 15.0. The zero-order valence-corrected chi connectivity index (χ0v) is 18.4. The minimum absolute atomic E-state index is 0.0790. The summed E-state index contributed by atoms with van der Waals surface area (Å²) in [6.45, 7) is 5.27. The maximum Gasteiger partial charge on any atom is 0.408 e. The van der Waals surface area contributed by atoms with Crippen LogP contribution in [0.15, 0.2) is 48.5 Å². The van der Waals surface area contributed by atoms with Gasteiger partial charge < -0.3 is 25.2 Å². The van der Waals surface area contributed by atoms with Gasteiger partial charge >= 0.3 is 12.1 Å². The number of phenols is 1. The average Bonchev–Trinajstić information content (AvgIpc) is 2.72. The molecule has 170 valence electrons. The minimum atomic E-state index is -1.10. The van der Waals surface area contributed by atoms with Gasteiger partial charge in [0.15, 0.2) is 0 Å². The highest BCUT2D eigenvalue weighted by atomic mass is 16.6. The van der Waals surface area contributed by atoms with Gasteiger partial charge in [-0.1, -0.05) is 36.4 Å². The van der Waals surface area contributed by atoms with Gasteiger partial charge in [-0.25, -0.2) is 9.59 Å². The number of aromatic hydroxyl groups is 1. The Bertz CT molecular complexity index is 996. The Morgan fingerprint density at radius 3 is 2.31 bits per heavy atom. The molecular weight excluding hydrogens is 412 g/mol. The maximum absolute atomic E-state index is 13.5. The lowest BCUT2D eigenvalue weighted by Gasteiger charge is -2.37. The number of fused-ring (bicyclic) bond motifs is 1. The molecule has 0 fully saturated rings. The molecule has 0 unspecified atom stereocenters. The minimum Gasteiger partial charge on any atom is -0.508 e. The number of carboxylic acid groups (broad SMARTS) is 1. The van der Waals surface area contributed by atoms with Crippen molar-refractivity contribution in [3.05, 3.63) is 65.2 Å². The molecule has 1 aliphatic heterocycles. The summed E-state index contributed by atoms with van der Waals surface area (Å²) in [5.41, 5.74) is 1.70. The van der Waals surface area contributed by atoms with Crippen molar-refractivity contribution >= 4 is 18.0 Å². The zero-order valence-electron chi connectivity index (χ0n) is 18.4. The fourth-order valence-corrected chi connectivity index (χ4v) is 3.69. The van der Waals surface area contributed by atoms with Gasteiger partial charge in [0.25, 0.3) is 0 Å². The van der Waals surface area contributed by atoms with Crippen LogP contribution in [0.1, 0.15) is 37.5 Å². The van der Waals surface area contributed by atoms with Crippen LogP contribution >= 0.6 is 0 Å². The number of phenolic OH excluding ortho intramolecular Hbond substituents is 1. The van der Waals surface area contributed by atoms with Crippen LogP contribution in [0, 0.1) is 0 Å². The molecule has 0 radical (unpaired) electrons. The first-order valence-electron chi connectivity index (χ1n) is 10.4. The molecule has 2 aromatic rings. The highest BCUT2D eigenvalue weighted by molar-refractivity contribution is 5.90. The van der Waals surface area contributed by atoms with Gasteiger partial charge in [-0.15, -0.1) is 0 Å². The molecule has 3 N–H and O–H groups in total. The lowest BCUT2D eigenvalue weighted by Crippen LogP contribution is -2.56. The van der Waals surface area contributed by atoms with Crippen LogP contribution in [0.3, 0.4) is 0 Å². The molecule has 3 rings (SSSR count). The second kappa shape index (κ2) is 9.30. The van der Waals surface area contributed by atoms with Gasteiger partial charge in [0, 0.05) is 19.4 Å². The number of alkyl carbamates (subject to hydrolysis) is 1. The second-order valence-corrected chi connectivity index (χ2v) is 8.86. The summed E-state index contributed by atoms with van der Waals surface area (Å²) in [5, 5.41) is 21.9. The third-order valence-electron chi connectivity index (χ3n) is 5.18. The highest BCUT2D eigenvalue weighted by Gasteiger charge is 2.38. The van der Waals surface area contributed by atoms with Gasteiger partial charge in [-0.2, -0.15) is 0 Å². The predicted octanol–water partition coefficient (Wildman–Crippen LogP) is 2.87. The van der Waals surface area contributed by atoms with Crippen molar-refractivity contribution in [2.75, 3.05) is 0 Å². The van der Waals surface area contributed by atoms with Crippen molar-refractivity contribution in [3.8, 4) is 5.75 Å². The topological polar surface area (TPSA) is 116 Å². The number of carboxylic acids is 1. The Morgan fingerprint density at radius 2 is 1.72 bits per heavy atom. The lowest BCUT2D eigenvalue weighted by molar-refractivity contribution is -0.152. The SMILES string of the molecule is CC(C)(C)OC(=O)N[C@@H](Cc1ccc(O)cc1)C(=O)N1Cc2ccccc2C[C@H]1C(=O)O. The van der Waals surface area contributed by atoms with Gasteiger partial charge in [0.05, 0.1) is 0 Å². The first-order valence-corrected chi connectivity index (χ1v) is 10.4. The van der Waals surface area contributed by atoms with E-state index in [-0.39, 0.29) is 25.1 Å². The highest BCUT2D eigenvalue weighted by Crippen LogP contribution is 2.25. The molecule has 32 heavy (non-hydrogen) atoms. The number of ether oxygens (including phenoxy) is 1. The van der Waals surface area contributed by atoms with Crippen molar-refractivity contribution in [3.63, 3.8) is 0 Å². The monoisotopic (exact) mass is 440 g/mol. The Labute approximate surface area is 186 Å². The number of aliphatic carboxylic acids is 1. The molecule has 1 heterocycles. The van der Waals surface area contributed by atoms with Crippen molar-refractivity contribution < 1.29 is 29.3 Å². The molecule has 0 bridgehead atoms. The summed E-state index contributed by atoms with van der Waals surface area (Å²) in [5.74, 6) is -1.53. The number of benzene rings is 2. The Hall–Kier alpha value is -3.55. The second-order valence-electron chi connectivity index (χ2n) is 8.86. The summed E-state index contributed by atoms with van der Waals surface area (Å²) in [6.07, 6.45) is -0.461. The number of hydrogen-bond donors (Lipinski definition) is 3. The molecule has 8 nitrogen and oxygen atoms in total. The van der Waals surface area contributed by atoms with Gasteiger partial charge in [-0.05, 0) is 49.6 Å². The van der Waals surface area contributed by atoms with E-state index in [9.17, 15) is 24.6 Å². The standard InChI is InChI=1S/C24H28N2O6/c1-24(2,3)32-23(31)25-19(12-15-8-10-18(27)11-9-15)21(28)26-14-17-7-5-4-6-16(17)13-20(26)22(29)30/h4-11,19-20,27H,12-14H2,1-3H3,(H,25,31)(H,29,30)/t19-,20-/m0/s1. The maximum atomic E-state index is 13.5. The molecule has 2 amide bonds. The molecule has 0 aliphatic carbocycles. The molecule has 0 saturated heterocycles. The molecule has 8 heteroatoms. The van der Waals surface area contributed by atoms with Gasteiger partial charge in [0.2, 0.25) is 5.91 Å². The van der Waals surface area contributed by atoms with E-state index in [1.165, 1.54) is 17.0 Å². The van der Waals surface area contributed by atoms with Crippen molar-refractivity contribution in [2.24, 2.45) is 0 Å². The summed E-state index contributed by atoms with van der Waals surface area (Å²) >= 11 is 0. The average molecular weight is 440 g/mol.